The average Bonchev–Trinajstić information content (AvgIpc) is 3.16. The Balaban J connectivity index is 1.53. The smallest absolute Gasteiger partial charge is 0.382 e. The van der Waals surface area contributed by atoms with E-state index in [0.717, 1.165) is 10.7 Å². The second-order valence-corrected chi connectivity index (χ2v) is 8.73. The van der Waals surface area contributed by atoms with Gasteiger partial charge in [0.05, 0.1) is 11.1 Å². The first-order valence-corrected chi connectivity index (χ1v) is 11.0. The first-order chi connectivity index (χ1) is 16.0. The standard InChI is InChI=1S/C22H21ClF5N5O/c1-33-10-15(19(32-33)20(24)25)21(34)30-13-4-2-3-12(8-13)29-17-9-18(22(26,27)28)31-16-6-5-11(23)7-14(16)17/h5-7,9-10,12-13,20H,2-4,8H2,1H3,(H,29,31)(H,30,34)/t12-,13+/m0/s1. The highest BCUT2D eigenvalue weighted by atomic mass is 35.5. The average molecular weight is 502 g/mol. The Morgan fingerprint density at radius 2 is 1.94 bits per heavy atom. The van der Waals surface area contributed by atoms with Crippen LogP contribution in [-0.2, 0) is 13.2 Å². The molecular weight excluding hydrogens is 481 g/mol. The van der Waals surface area contributed by atoms with Crippen LogP contribution in [0.25, 0.3) is 10.9 Å². The summed E-state index contributed by atoms with van der Waals surface area (Å²) in [5.41, 5.74) is -1.42. The van der Waals surface area contributed by atoms with Crippen LogP contribution in [0.15, 0.2) is 30.5 Å². The molecule has 2 atom stereocenters. The van der Waals surface area contributed by atoms with Crippen LogP contribution in [0.4, 0.5) is 27.6 Å². The number of nitrogens with zero attached hydrogens (tertiary/aromatic N) is 3. The number of hydrogen-bond donors (Lipinski definition) is 2. The molecule has 2 N–H and O–H groups in total. The number of carbonyl (C=O) groups excluding carboxylic acids is 1. The zero-order chi connectivity index (χ0) is 24.6. The minimum atomic E-state index is -4.63. The van der Waals surface area contributed by atoms with Crippen molar-refractivity contribution < 1.29 is 26.7 Å². The number of hydrogen-bond acceptors (Lipinski definition) is 4. The molecule has 2 aromatic heterocycles. The Morgan fingerprint density at radius 3 is 2.65 bits per heavy atom. The van der Waals surface area contributed by atoms with Crippen LogP contribution in [0.1, 0.15) is 53.9 Å². The molecule has 0 saturated heterocycles. The van der Waals surface area contributed by atoms with Gasteiger partial charge in [-0.15, -0.1) is 0 Å². The Labute approximate surface area is 196 Å². The third-order valence-corrected chi connectivity index (χ3v) is 5.97. The van der Waals surface area contributed by atoms with Crippen molar-refractivity contribution in [1.82, 2.24) is 20.1 Å². The van der Waals surface area contributed by atoms with Crippen LogP contribution in [0.2, 0.25) is 5.02 Å². The molecule has 0 spiro atoms. The van der Waals surface area contributed by atoms with Crippen LogP contribution in [0.3, 0.4) is 0 Å². The number of halogens is 6. The van der Waals surface area contributed by atoms with E-state index >= 15 is 0 Å². The molecule has 34 heavy (non-hydrogen) atoms. The summed E-state index contributed by atoms with van der Waals surface area (Å²) in [5, 5.41) is 10.4. The normalized spacial score (nSPS) is 18.9. The minimum Gasteiger partial charge on any atom is -0.382 e. The fraction of sp³-hybridized carbons (Fsp3) is 0.409. The van der Waals surface area contributed by atoms with Crippen molar-refractivity contribution in [3.63, 3.8) is 0 Å². The van der Waals surface area contributed by atoms with Gasteiger partial charge in [0.1, 0.15) is 11.4 Å². The number of amides is 1. The van der Waals surface area contributed by atoms with E-state index in [0.29, 0.717) is 36.1 Å². The summed E-state index contributed by atoms with van der Waals surface area (Å²) in [6.45, 7) is 0. The van der Waals surface area contributed by atoms with E-state index in [9.17, 15) is 26.7 Å². The maximum absolute atomic E-state index is 13.4. The largest absolute Gasteiger partial charge is 0.433 e. The lowest BCUT2D eigenvalue weighted by Crippen LogP contribution is -2.42. The summed E-state index contributed by atoms with van der Waals surface area (Å²) in [7, 11) is 1.45. The van der Waals surface area contributed by atoms with Gasteiger partial charge in [0.2, 0.25) is 0 Å². The predicted octanol–water partition coefficient (Wildman–Crippen LogP) is 5.73. The lowest BCUT2D eigenvalue weighted by molar-refractivity contribution is -0.140. The van der Waals surface area contributed by atoms with Gasteiger partial charge in [0.15, 0.2) is 0 Å². The van der Waals surface area contributed by atoms with Gasteiger partial charge in [-0.05, 0) is 49.9 Å². The number of aromatic nitrogens is 3. The molecule has 1 saturated carbocycles. The molecule has 1 aliphatic carbocycles. The van der Waals surface area contributed by atoms with Gasteiger partial charge in [-0.3, -0.25) is 9.48 Å². The number of anilines is 1. The third-order valence-electron chi connectivity index (χ3n) is 5.74. The SMILES string of the molecule is Cn1cc(C(=O)N[C@@H]2CCC[C@H](Nc3cc(C(F)(F)F)nc4ccc(Cl)cc34)C2)c(C(F)F)n1. The number of benzene rings is 1. The zero-order valence-electron chi connectivity index (χ0n) is 18.0. The molecule has 0 unspecified atom stereocenters. The van der Waals surface area contributed by atoms with E-state index in [1.165, 1.54) is 25.4 Å². The molecule has 1 amide bonds. The highest BCUT2D eigenvalue weighted by molar-refractivity contribution is 6.31. The topological polar surface area (TPSA) is 71.8 Å². The molecule has 182 valence electrons. The van der Waals surface area contributed by atoms with E-state index < -0.39 is 29.9 Å². The van der Waals surface area contributed by atoms with Crippen molar-refractivity contribution in [2.75, 3.05) is 5.32 Å². The van der Waals surface area contributed by atoms with Crippen LogP contribution >= 0.6 is 11.6 Å². The van der Waals surface area contributed by atoms with Gasteiger partial charge in [-0.2, -0.15) is 18.3 Å². The van der Waals surface area contributed by atoms with Gasteiger partial charge in [-0.1, -0.05) is 11.6 Å². The molecule has 0 aliphatic heterocycles. The number of pyridine rings is 1. The predicted molar refractivity (Wildman–Crippen MR) is 117 cm³/mol. The summed E-state index contributed by atoms with van der Waals surface area (Å²) in [5.74, 6) is -0.658. The molecule has 12 heteroatoms. The highest BCUT2D eigenvalue weighted by Gasteiger charge is 2.34. The molecule has 1 fully saturated rings. The molecule has 4 rings (SSSR count). The number of rotatable bonds is 5. The van der Waals surface area contributed by atoms with E-state index in [4.69, 9.17) is 11.6 Å². The number of nitrogens with one attached hydrogen (secondary N) is 2. The van der Waals surface area contributed by atoms with Gasteiger partial charge >= 0.3 is 6.18 Å². The Hall–Kier alpha value is -2.95. The molecule has 1 aromatic carbocycles. The molecule has 1 aliphatic rings. The fourth-order valence-electron chi connectivity index (χ4n) is 4.24. The van der Waals surface area contributed by atoms with Crippen molar-refractivity contribution in [2.45, 2.75) is 50.4 Å². The first-order valence-electron chi connectivity index (χ1n) is 10.6. The van der Waals surface area contributed by atoms with Crippen molar-refractivity contribution in [1.29, 1.82) is 0 Å². The molecule has 6 nitrogen and oxygen atoms in total. The maximum atomic E-state index is 13.4. The van der Waals surface area contributed by atoms with Crippen molar-refractivity contribution in [3.05, 3.63) is 52.4 Å². The van der Waals surface area contributed by atoms with Crippen molar-refractivity contribution >= 4 is 34.1 Å². The zero-order valence-corrected chi connectivity index (χ0v) is 18.7. The number of aryl methyl sites for hydroxylation is 1. The van der Waals surface area contributed by atoms with Gasteiger partial charge < -0.3 is 10.6 Å². The number of carbonyl (C=O) groups is 1. The van der Waals surface area contributed by atoms with Crippen LogP contribution in [-0.4, -0.2) is 32.8 Å². The second kappa shape index (κ2) is 9.36. The van der Waals surface area contributed by atoms with Gasteiger partial charge in [0, 0.05) is 41.4 Å². The van der Waals surface area contributed by atoms with Crippen LogP contribution in [0, 0.1) is 0 Å². The molecule has 0 radical (unpaired) electrons. The second-order valence-electron chi connectivity index (χ2n) is 8.29. The Bertz CT molecular complexity index is 1210. The Morgan fingerprint density at radius 1 is 1.21 bits per heavy atom. The maximum Gasteiger partial charge on any atom is 0.433 e. The lowest BCUT2D eigenvalue weighted by Gasteiger charge is -2.31. The van der Waals surface area contributed by atoms with E-state index in [1.54, 1.807) is 6.07 Å². The van der Waals surface area contributed by atoms with E-state index in [2.05, 4.69) is 20.7 Å². The van der Waals surface area contributed by atoms with Crippen molar-refractivity contribution in [2.24, 2.45) is 7.05 Å². The van der Waals surface area contributed by atoms with Gasteiger partial charge in [-0.25, -0.2) is 13.8 Å². The Kier molecular flexibility index (Phi) is 6.66. The van der Waals surface area contributed by atoms with Gasteiger partial charge in [0.25, 0.3) is 12.3 Å². The lowest BCUT2D eigenvalue weighted by atomic mass is 9.90. The van der Waals surface area contributed by atoms with Crippen LogP contribution < -0.4 is 10.6 Å². The number of fused-ring (bicyclic) bond motifs is 1. The summed E-state index contributed by atoms with van der Waals surface area (Å²) in [4.78, 5) is 16.3. The quantitative estimate of drug-likeness (QED) is 0.438. The van der Waals surface area contributed by atoms with Crippen molar-refractivity contribution in [3.8, 4) is 0 Å². The van der Waals surface area contributed by atoms with E-state index in [-0.39, 0.29) is 28.9 Å². The summed E-state index contributed by atoms with van der Waals surface area (Å²) >= 11 is 6.05. The van der Waals surface area contributed by atoms with E-state index in [1.807, 2.05) is 0 Å². The molecule has 2 heterocycles. The summed E-state index contributed by atoms with van der Waals surface area (Å²) < 4.78 is 67.7. The summed E-state index contributed by atoms with van der Waals surface area (Å²) in [6, 6.07) is 4.79. The highest BCUT2D eigenvalue weighted by Crippen LogP contribution is 2.35. The fourth-order valence-corrected chi connectivity index (χ4v) is 4.41. The van der Waals surface area contributed by atoms with Crippen LogP contribution in [0.5, 0.6) is 0 Å². The third kappa shape index (κ3) is 5.24. The summed E-state index contributed by atoms with van der Waals surface area (Å²) in [6.07, 6.45) is -3.91. The molecular formula is C22H21ClF5N5O. The number of alkyl halides is 5. The molecule has 3 aromatic rings. The minimum absolute atomic E-state index is 0.151. The first kappa shape index (κ1) is 24.2. The molecule has 0 bridgehead atoms. The monoisotopic (exact) mass is 501 g/mol.